The van der Waals surface area contributed by atoms with Crippen molar-refractivity contribution in [1.29, 1.82) is 0 Å². The van der Waals surface area contributed by atoms with Gasteiger partial charge in [0, 0.05) is 23.2 Å². The van der Waals surface area contributed by atoms with Gasteiger partial charge in [0.05, 0.1) is 19.8 Å². The van der Waals surface area contributed by atoms with E-state index in [1.54, 1.807) is 12.2 Å². The number of para-hydroxylation sites is 1. The third-order valence-electron chi connectivity index (χ3n) is 4.24. The van der Waals surface area contributed by atoms with Gasteiger partial charge >= 0.3 is 0 Å². The Morgan fingerprint density at radius 1 is 1.27 bits per heavy atom. The Labute approximate surface area is 159 Å². The zero-order chi connectivity index (χ0) is 18.4. The van der Waals surface area contributed by atoms with Crippen LogP contribution in [0.25, 0.3) is 6.08 Å². The van der Waals surface area contributed by atoms with E-state index in [9.17, 15) is 4.79 Å². The Balaban J connectivity index is 1.67. The molecule has 2 aromatic carbocycles. The van der Waals surface area contributed by atoms with Crippen molar-refractivity contribution in [2.75, 3.05) is 26.3 Å². The molecule has 1 heterocycles. The maximum Gasteiger partial charge on any atom is 0.246 e. The van der Waals surface area contributed by atoms with Crippen LogP contribution in [0, 0.1) is 0 Å². The van der Waals surface area contributed by atoms with Crippen LogP contribution in [0.1, 0.15) is 24.2 Å². The molecule has 1 amide bonds. The molecule has 1 aliphatic rings. The van der Waals surface area contributed by atoms with E-state index in [1.807, 2.05) is 60.4 Å². The number of carbonyl (C=O) groups is 1. The normalized spacial score (nSPS) is 17.5. The molecule has 1 fully saturated rings. The van der Waals surface area contributed by atoms with Crippen molar-refractivity contribution < 1.29 is 14.3 Å². The van der Waals surface area contributed by atoms with E-state index in [2.05, 4.69) is 0 Å². The van der Waals surface area contributed by atoms with E-state index < -0.39 is 0 Å². The number of hydrogen-bond acceptors (Lipinski definition) is 3. The number of rotatable bonds is 5. The molecule has 4 nitrogen and oxygen atoms in total. The lowest BCUT2D eigenvalue weighted by Crippen LogP contribution is -2.41. The lowest BCUT2D eigenvalue weighted by molar-refractivity contribution is -0.133. The van der Waals surface area contributed by atoms with Crippen LogP contribution in [-0.4, -0.2) is 37.1 Å². The van der Waals surface area contributed by atoms with Gasteiger partial charge in [-0.15, -0.1) is 0 Å². The molecule has 3 rings (SSSR count). The topological polar surface area (TPSA) is 38.8 Å². The number of morpholine rings is 1. The van der Waals surface area contributed by atoms with Crippen LogP contribution in [0.4, 0.5) is 0 Å². The van der Waals surface area contributed by atoms with Crippen LogP contribution in [0.15, 0.2) is 54.6 Å². The molecule has 0 bridgehead atoms. The Kier molecular flexibility index (Phi) is 6.31. The number of ether oxygens (including phenoxy) is 2. The Morgan fingerprint density at radius 2 is 2.04 bits per heavy atom. The molecule has 0 spiro atoms. The molecule has 0 saturated carbocycles. The molecule has 0 N–H and O–H groups in total. The van der Waals surface area contributed by atoms with Crippen molar-refractivity contribution in [1.82, 2.24) is 4.90 Å². The molecule has 1 saturated heterocycles. The molecule has 0 aliphatic carbocycles. The molecular weight excluding hydrogens is 350 g/mol. The molecule has 0 radical (unpaired) electrons. The number of benzene rings is 2. The smallest absolute Gasteiger partial charge is 0.246 e. The summed E-state index contributed by atoms with van der Waals surface area (Å²) in [5, 5.41) is 0.688. The Bertz CT molecular complexity index is 773. The molecule has 1 aliphatic heterocycles. The summed E-state index contributed by atoms with van der Waals surface area (Å²) in [6, 6.07) is 15.2. The minimum absolute atomic E-state index is 0.0291. The predicted octanol–water partition coefficient (Wildman–Crippen LogP) is 4.35. The fourth-order valence-corrected chi connectivity index (χ4v) is 3.03. The third kappa shape index (κ3) is 4.65. The summed E-state index contributed by atoms with van der Waals surface area (Å²) in [6.07, 6.45) is 3.27. The fourth-order valence-electron chi connectivity index (χ4n) is 2.90. The zero-order valence-corrected chi connectivity index (χ0v) is 15.5. The van der Waals surface area contributed by atoms with Crippen molar-refractivity contribution in [3.05, 3.63) is 70.8 Å². The summed E-state index contributed by atoms with van der Waals surface area (Å²) in [5.74, 6) is 0.749. The average molecular weight is 372 g/mol. The van der Waals surface area contributed by atoms with Gasteiger partial charge in [-0.1, -0.05) is 41.9 Å². The van der Waals surface area contributed by atoms with E-state index in [1.165, 1.54) is 0 Å². The van der Waals surface area contributed by atoms with Gasteiger partial charge in [-0.25, -0.2) is 0 Å². The highest BCUT2D eigenvalue weighted by Crippen LogP contribution is 2.24. The highest BCUT2D eigenvalue weighted by Gasteiger charge is 2.24. The fraction of sp³-hybridized carbons (Fsp3) is 0.286. The van der Waals surface area contributed by atoms with Gasteiger partial charge in [-0.2, -0.15) is 0 Å². The largest absolute Gasteiger partial charge is 0.493 e. The molecule has 26 heavy (non-hydrogen) atoms. The van der Waals surface area contributed by atoms with Gasteiger partial charge in [0.15, 0.2) is 0 Å². The number of carbonyl (C=O) groups excluding carboxylic acids is 1. The van der Waals surface area contributed by atoms with Crippen molar-refractivity contribution in [3.8, 4) is 5.75 Å². The lowest BCUT2D eigenvalue weighted by Gasteiger charge is -2.32. The molecule has 1 unspecified atom stereocenters. The first kappa shape index (κ1) is 18.5. The quantitative estimate of drug-likeness (QED) is 0.733. The van der Waals surface area contributed by atoms with Gasteiger partial charge < -0.3 is 14.4 Å². The predicted molar refractivity (Wildman–Crippen MR) is 103 cm³/mol. The van der Waals surface area contributed by atoms with Crippen molar-refractivity contribution >= 4 is 23.6 Å². The highest BCUT2D eigenvalue weighted by molar-refractivity contribution is 6.30. The lowest BCUT2D eigenvalue weighted by atomic mass is 10.1. The van der Waals surface area contributed by atoms with Crippen LogP contribution in [-0.2, 0) is 9.53 Å². The molecule has 136 valence electrons. The highest BCUT2D eigenvalue weighted by atomic mass is 35.5. The van der Waals surface area contributed by atoms with Gasteiger partial charge in [0.25, 0.3) is 0 Å². The summed E-state index contributed by atoms with van der Waals surface area (Å²) in [6.45, 7) is 4.15. The van der Waals surface area contributed by atoms with Gasteiger partial charge in [-0.05, 0) is 36.8 Å². The molecule has 2 aromatic rings. The minimum atomic E-state index is -0.130. The van der Waals surface area contributed by atoms with Crippen LogP contribution >= 0.6 is 11.6 Å². The maximum atomic E-state index is 12.6. The monoisotopic (exact) mass is 371 g/mol. The first-order chi connectivity index (χ1) is 12.7. The summed E-state index contributed by atoms with van der Waals surface area (Å²) in [5.41, 5.74) is 1.92. The SMILES string of the molecule is CCOc1ccccc1/C=C/C(=O)N1CCOC(c2ccc(Cl)cc2)C1. The summed E-state index contributed by atoms with van der Waals surface area (Å²) < 4.78 is 11.4. The van der Waals surface area contributed by atoms with E-state index >= 15 is 0 Å². The van der Waals surface area contributed by atoms with E-state index in [0.29, 0.717) is 31.3 Å². The maximum absolute atomic E-state index is 12.6. The van der Waals surface area contributed by atoms with Crippen LogP contribution < -0.4 is 4.74 Å². The van der Waals surface area contributed by atoms with Crippen LogP contribution in [0.5, 0.6) is 5.75 Å². The van der Waals surface area contributed by atoms with E-state index in [0.717, 1.165) is 16.9 Å². The third-order valence-corrected chi connectivity index (χ3v) is 4.50. The molecular formula is C21H22ClNO3. The second-order valence-electron chi connectivity index (χ2n) is 6.00. The summed E-state index contributed by atoms with van der Waals surface area (Å²) in [7, 11) is 0. The van der Waals surface area contributed by atoms with Crippen molar-refractivity contribution in [2.45, 2.75) is 13.0 Å². The first-order valence-corrected chi connectivity index (χ1v) is 9.11. The minimum Gasteiger partial charge on any atom is -0.493 e. The average Bonchev–Trinajstić information content (AvgIpc) is 2.68. The second-order valence-corrected chi connectivity index (χ2v) is 6.44. The number of nitrogens with zero attached hydrogens (tertiary/aromatic N) is 1. The van der Waals surface area contributed by atoms with Crippen molar-refractivity contribution in [3.63, 3.8) is 0 Å². The molecule has 5 heteroatoms. The van der Waals surface area contributed by atoms with E-state index in [-0.39, 0.29) is 12.0 Å². The van der Waals surface area contributed by atoms with Crippen molar-refractivity contribution in [2.24, 2.45) is 0 Å². The number of amides is 1. The van der Waals surface area contributed by atoms with Crippen LogP contribution in [0.2, 0.25) is 5.02 Å². The standard InChI is InChI=1S/C21H22ClNO3/c1-2-25-19-6-4-3-5-16(19)9-12-21(24)23-13-14-26-20(15-23)17-7-10-18(22)11-8-17/h3-12,20H,2,13-15H2,1H3/b12-9+. The van der Waals surface area contributed by atoms with Gasteiger partial charge in [0.1, 0.15) is 11.9 Å². The number of hydrogen-bond donors (Lipinski definition) is 0. The summed E-state index contributed by atoms with van der Waals surface area (Å²) in [4.78, 5) is 14.4. The molecule has 0 aromatic heterocycles. The zero-order valence-electron chi connectivity index (χ0n) is 14.7. The number of halogens is 1. The van der Waals surface area contributed by atoms with Crippen LogP contribution in [0.3, 0.4) is 0 Å². The Hall–Kier alpha value is -2.30. The summed E-state index contributed by atoms with van der Waals surface area (Å²) >= 11 is 5.94. The second kappa shape index (κ2) is 8.88. The van der Waals surface area contributed by atoms with Gasteiger partial charge in [-0.3, -0.25) is 4.79 Å². The van der Waals surface area contributed by atoms with Gasteiger partial charge in [0.2, 0.25) is 5.91 Å². The first-order valence-electron chi connectivity index (χ1n) is 8.73. The molecule has 1 atom stereocenters. The Morgan fingerprint density at radius 3 is 2.81 bits per heavy atom. The van der Waals surface area contributed by atoms with E-state index in [4.69, 9.17) is 21.1 Å².